The van der Waals surface area contributed by atoms with E-state index in [1.807, 2.05) is 19.1 Å². The van der Waals surface area contributed by atoms with Gasteiger partial charge in [-0.25, -0.2) is 0 Å². The molecule has 0 fully saturated rings. The number of amides is 2. The number of esters is 1. The number of carbonyl (C=O) groups is 3. The Morgan fingerprint density at radius 2 is 1.74 bits per heavy atom. The van der Waals surface area contributed by atoms with Crippen molar-refractivity contribution in [2.45, 2.75) is 13.3 Å². The Bertz CT molecular complexity index is 821. The Balaban J connectivity index is 1.76. The fourth-order valence-electron chi connectivity index (χ4n) is 2.24. The van der Waals surface area contributed by atoms with Gasteiger partial charge in [-0.3, -0.25) is 14.4 Å². The number of aryl methyl sites for hydroxylation is 1. The van der Waals surface area contributed by atoms with Crippen LogP contribution >= 0.6 is 11.6 Å². The number of rotatable bonds is 7. The van der Waals surface area contributed by atoms with Crippen LogP contribution in [0.25, 0.3) is 0 Å². The van der Waals surface area contributed by atoms with Crippen LogP contribution in [0.2, 0.25) is 5.02 Å². The average molecular weight is 389 g/mol. The molecule has 0 radical (unpaired) electrons. The average Bonchev–Trinajstić information content (AvgIpc) is 2.63. The first-order valence-electron chi connectivity index (χ1n) is 8.34. The number of nitrogens with one attached hydrogen (secondary N) is 1. The van der Waals surface area contributed by atoms with Crippen molar-refractivity contribution in [3.8, 4) is 0 Å². The fourth-order valence-corrected chi connectivity index (χ4v) is 2.44. The molecule has 0 saturated heterocycles. The van der Waals surface area contributed by atoms with Crippen LogP contribution in [0.4, 0.5) is 5.69 Å². The summed E-state index contributed by atoms with van der Waals surface area (Å²) in [5.74, 6) is -1.37. The Kier molecular flexibility index (Phi) is 7.37. The maximum absolute atomic E-state index is 12.0. The van der Waals surface area contributed by atoms with Gasteiger partial charge in [0.15, 0.2) is 6.61 Å². The molecule has 0 spiro atoms. The van der Waals surface area contributed by atoms with Gasteiger partial charge in [-0.15, -0.1) is 0 Å². The minimum absolute atomic E-state index is 0.0232. The van der Waals surface area contributed by atoms with Crippen molar-refractivity contribution in [3.05, 3.63) is 64.7 Å². The quantitative estimate of drug-likeness (QED) is 0.740. The molecule has 0 aliphatic rings. The molecule has 0 aliphatic heterocycles. The van der Waals surface area contributed by atoms with Gasteiger partial charge >= 0.3 is 5.97 Å². The molecular formula is C20H21ClN2O4. The van der Waals surface area contributed by atoms with Crippen LogP contribution in [0, 0.1) is 6.92 Å². The largest absolute Gasteiger partial charge is 0.455 e. The molecule has 0 bridgehead atoms. The van der Waals surface area contributed by atoms with Gasteiger partial charge in [0.1, 0.15) is 0 Å². The second-order valence-corrected chi connectivity index (χ2v) is 6.50. The molecule has 27 heavy (non-hydrogen) atoms. The highest BCUT2D eigenvalue weighted by Crippen LogP contribution is 2.15. The maximum atomic E-state index is 12.0. The molecule has 142 valence electrons. The molecular weight excluding hydrogens is 368 g/mol. The Morgan fingerprint density at radius 1 is 1.07 bits per heavy atom. The van der Waals surface area contributed by atoms with E-state index in [1.54, 1.807) is 36.4 Å². The van der Waals surface area contributed by atoms with E-state index in [0.29, 0.717) is 16.3 Å². The summed E-state index contributed by atoms with van der Waals surface area (Å²) >= 11 is 5.99. The van der Waals surface area contributed by atoms with Gasteiger partial charge in [-0.05, 0) is 30.7 Å². The lowest BCUT2D eigenvalue weighted by Gasteiger charge is -2.17. The number of carbonyl (C=O) groups excluding carboxylic acids is 3. The van der Waals surface area contributed by atoms with E-state index in [1.165, 1.54) is 11.9 Å². The van der Waals surface area contributed by atoms with Gasteiger partial charge in [0.05, 0.1) is 13.0 Å². The van der Waals surface area contributed by atoms with Crippen molar-refractivity contribution in [3.63, 3.8) is 0 Å². The van der Waals surface area contributed by atoms with Gasteiger partial charge < -0.3 is 15.0 Å². The highest BCUT2D eigenvalue weighted by Gasteiger charge is 2.16. The number of anilines is 1. The monoisotopic (exact) mass is 388 g/mol. The van der Waals surface area contributed by atoms with Crippen molar-refractivity contribution >= 4 is 35.1 Å². The van der Waals surface area contributed by atoms with E-state index >= 15 is 0 Å². The van der Waals surface area contributed by atoms with Gasteiger partial charge in [0, 0.05) is 17.8 Å². The standard InChI is InChI=1S/C20H21ClN2O4/c1-14-7-9-16(10-8-14)22-18(24)12-23(2)19(25)13-27-20(26)11-15-5-3-4-6-17(15)21/h3-10H,11-13H2,1-2H3,(H,22,24). The second-order valence-electron chi connectivity index (χ2n) is 6.09. The second kappa shape index (κ2) is 9.73. The number of nitrogens with zero attached hydrogens (tertiary/aromatic N) is 1. The number of ether oxygens (including phenoxy) is 1. The van der Waals surface area contributed by atoms with E-state index in [-0.39, 0.29) is 18.9 Å². The third-order valence-electron chi connectivity index (χ3n) is 3.79. The van der Waals surface area contributed by atoms with E-state index in [0.717, 1.165) is 5.56 Å². The topological polar surface area (TPSA) is 75.7 Å². The molecule has 6 nitrogen and oxygen atoms in total. The van der Waals surface area contributed by atoms with Gasteiger partial charge in [-0.1, -0.05) is 47.5 Å². The maximum Gasteiger partial charge on any atom is 0.310 e. The minimum atomic E-state index is -0.561. The first-order chi connectivity index (χ1) is 12.8. The SMILES string of the molecule is Cc1ccc(NC(=O)CN(C)C(=O)COC(=O)Cc2ccccc2Cl)cc1. The summed E-state index contributed by atoms with van der Waals surface area (Å²) in [4.78, 5) is 37.1. The van der Waals surface area contributed by atoms with E-state index in [4.69, 9.17) is 16.3 Å². The van der Waals surface area contributed by atoms with Crippen LogP contribution in [0.3, 0.4) is 0 Å². The van der Waals surface area contributed by atoms with Crippen LogP contribution in [0.5, 0.6) is 0 Å². The summed E-state index contributed by atoms with van der Waals surface area (Å²) in [7, 11) is 1.47. The van der Waals surface area contributed by atoms with Crippen LogP contribution in [-0.2, 0) is 25.5 Å². The highest BCUT2D eigenvalue weighted by molar-refractivity contribution is 6.31. The normalized spacial score (nSPS) is 10.2. The van der Waals surface area contributed by atoms with Crippen molar-refractivity contribution in [2.24, 2.45) is 0 Å². The van der Waals surface area contributed by atoms with Gasteiger partial charge in [-0.2, -0.15) is 0 Å². The van der Waals surface area contributed by atoms with Crippen molar-refractivity contribution in [1.29, 1.82) is 0 Å². The van der Waals surface area contributed by atoms with Gasteiger partial charge in [0.25, 0.3) is 5.91 Å². The van der Waals surface area contributed by atoms with Crippen molar-refractivity contribution in [1.82, 2.24) is 4.90 Å². The lowest BCUT2D eigenvalue weighted by Crippen LogP contribution is -2.37. The molecule has 0 saturated carbocycles. The first-order valence-corrected chi connectivity index (χ1v) is 8.72. The molecule has 7 heteroatoms. The molecule has 0 unspecified atom stereocenters. The molecule has 1 N–H and O–H groups in total. The summed E-state index contributed by atoms with van der Waals surface area (Å²) in [6, 6.07) is 14.2. The molecule has 2 aromatic rings. The number of benzene rings is 2. The Hall–Kier alpha value is -2.86. The van der Waals surface area contributed by atoms with E-state index < -0.39 is 18.5 Å². The van der Waals surface area contributed by atoms with Crippen LogP contribution in [0.1, 0.15) is 11.1 Å². The lowest BCUT2D eigenvalue weighted by atomic mass is 10.1. The minimum Gasteiger partial charge on any atom is -0.455 e. The summed E-state index contributed by atoms with van der Waals surface area (Å²) in [6.07, 6.45) is -0.0232. The zero-order valence-corrected chi connectivity index (χ0v) is 16.0. The number of likely N-dealkylation sites (N-methyl/N-ethyl adjacent to an activating group) is 1. The van der Waals surface area contributed by atoms with Crippen LogP contribution in [0.15, 0.2) is 48.5 Å². The molecule has 2 amide bonds. The molecule has 2 rings (SSSR count). The van der Waals surface area contributed by atoms with Gasteiger partial charge in [0.2, 0.25) is 5.91 Å². The Morgan fingerprint density at radius 3 is 2.41 bits per heavy atom. The summed E-state index contributed by atoms with van der Waals surface area (Å²) in [6.45, 7) is 1.37. The fraction of sp³-hybridized carbons (Fsp3) is 0.250. The number of halogens is 1. The predicted octanol–water partition coefficient (Wildman–Crippen LogP) is 2.83. The Labute approximate surface area is 163 Å². The molecule has 2 aromatic carbocycles. The van der Waals surface area contributed by atoms with Crippen molar-refractivity contribution in [2.75, 3.05) is 25.5 Å². The van der Waals surface area contributed by atoms with Crippen LogP contribution < -0.4 is 5.32 Å². The smallest absolute Gasteiger partial charge is 0.310 e. The molecule has 0 aliphatic carbocycles. The highest BCUT2D eigenvalue weighted by atomic mass is 35.5. The van der Waals surface area contributed by atoms with E-state index in [9.17, 15) is 14.4 Å². The van der Waals surface area contributed by atoms with Crippen molar-refractivity contribution < 1.29 is 19.1 Å². The summed E-state index contributed by atoms with van der Waals surface area (Å²) in [5.41, 5.74) is 2.36. The summed E-state index contributed by atoms with van der Waals surface area (Å²) < 4.78 is 4.98. The van der Waals surface area contributed by atoms with E-state index in [2.05, 4.69) is 5.32 Å². The zero-order valence-electron chi connectivity index (χ0n) is 15.2. The zero-order chi connectivity index (χ0) is 19.8. The third-order valence-corrected chi connectivity index (χ3v) is 4.16. The lowest BCUT2D eigenvalue weighted by molar-refractivity contribution is -0.151. The predicted molar refractivity (Wildman–Crippen MR) is 104 cm³/mol. The molecule has 0 aromatic heterocycles. The summed E-state index contributed by atoms with van der Waals surface area (Å²) in [5, 5.41) is 3.17. The molecule has 0 atom stereocenters. The van der Waals surface area contributed by atoms with Crippen LogP contribution in [-0.4, -0.2) is 42.9 Å². The number of hydrogen-bond acceptors (Lipinski definition) is 4. The third kappa shape index (κ3) is 6.75. The molecule has 0 heterocycles. The first kappa shape index (κ1) is 20.5. The number of hydrogen-bond donors (Lipinski definition) is 1.